The van der Waals surface area contributed by atoms with Gasteiger partial charge in [-0.2, -0.15) is 0 Å². The molecule has 0 atom stereocenters. The number of hydrogen-bond acceptors (Lipinski definition) is 4. The number of amides is 1. The van der Waals surface area contributed by atoms with Crippen molar-refractivity contribution in [3.8, 4) is 11.8 Å². The molecular weight excluding hydrogens is 390 g/mol. The van der Waals surface area contributed by atoms with Crippen molar-refractivity contribution < 1.29 is 4.79 Å². The van der Waals surface area contributed by atoms with E-state index in [-0.39, 0.29) is 5.91 Å². The van der Waals surface area contributed by atoms with Crippen LogP contribution < -0.4 is 5.32 Å². The van der Waals surface area contributed by atoms with Crippen LogP contribution in [0.2, 0.25) is 0 Å². The van der Waals surface area contributed by atoms with Crippen LogP contribution in [0, 0.1) is 11.8 Å². The summed E-state index contributed by atoms with van der Waals surface area (Å²) in [5.74, 6) is 5.89. The molecule has 2 aromatic heterocycles. The molecule has 1 N–H and O–H groups in total. The van der Waals surface area contributed by atoms with Crippen molar-refractivity contribution in [3.05, 3.63) is 114 Å². The Hall–Kier alpha value is -3.88. The molecule has 4 aromatic rings. The van der Waals surface area contributed by atoms with Gasteiger partial charge in [0.05, 0.1) is 5.56 Å². The van der Waals surface area contributed by atoms with Gasteiger partial charge in [0, 0.05) is 28.5 Å². The van der Waals surface area contributed by atoms with Crippen LogP contribution in [-0.4, -0.2) is 15.9 Å². The van der Waals surface area contributed by atoms with Gasteiger partial charge in [0.1, 0.15) is 10.7 Å². The van der Waals surface area contributed by atoms with E-state index >= 15 is 0 Å². The van der Waals surface area contributed by atoms with Crippen LogP contribution in [0.1, 0.15) is 21.6 Å². The highest BCUT2D eigenvalue weighted by Crippen LogP contribution is 2.28. The standard InChI is InChI=1S/C25H17N3OS/c29-24(23-13-7-17-27-25(23)30-22-11-2-1-3-12-22)28-21-10-6-8-19(18-21)14-15-20-9-4-5-16-26-20/h1-13,16-18H,(H,28,29). The van der Waals surface area contributed by atoms with Gasteiger partial charge in [0.2, 0.25) is 0 Å². The Morgan fingerprint density at radius 2 is 1.63 bits per heavy atom. The highest BCUT2D eigenvalue weighted by Gasteiger charge is 2.13. The summed E-state index contributed by atoms with van der Waals surface area (Å²) in [4.78, 5) is 22.5. The third kappa shape index (κ3) is 5.13. The Balaban J connectivity index is 1.52. The molecule has 0 fully saturated rings. The van der Waals surface area contributed by atoms with Gasteiger partial charge in [0.15, 0.2) is 0 Å². The molecule has 0 unspecified atom stereocenters. The number of rotatable bonds is 4. The molecule has 5 heteroatoms. The van der Waals surface area contributed by atoms with Crippen LogP contribution in [0.15, 0.2) is 107 Å². The lowest BCUT2D eigenvalue weighted by Crippen LogP contribution is -2.13. The number of benzene rings is 2. The third-order valence-corrected chi connectivity index (χ3v) is 5.12. The van der Waals surface area contributed by atoms with E-state index in [9.17, 15) is 4.79 Å². The second-order valence-corrected chi connectivity index (χ2v) is 7.33. The number of carbonyl (C=O) groups is 1. The number of pyridine rings is 2. The molecule has 30 heavy (non-hydrogen) atoms. The van der Waals surface area contributed by atoms with Crippen LogP contribution in [0.4, 0.5) is 5.69 Å². The fourth-order valence-electron chi connectivity index (χ4n) is 2.69. The summed E-state index contributed by atoms with van der Waals surface area (Å²) in [6.07, 6.45) is 3.40. The first kappa shape index (κ1) is 19.4. The van der Waals surface area contributed by atoms with Gasteiger partial charge in [-0.1, -0.05) is 48.0 Å². The first-order valence-corrected chi connectivity index (χ1v) is 10.1. The molecule has 144 valence electrons. The fourth-order valence-corrected chi connectivity index (χ4v) is 3.59. The molecule has 1 amide bonds. The van der Waals surface area contributed by atoms with Crippen LogP contribution in [0.3, 0.4) is 0 Å². The lowest BCUT2D eigenvalue weighted by atomic mass is 10.2. The molecule has 0 aliphatic rings. The van der Waals surface area contributed by atoms with Gasteiger partial charge >= 0.3 is 0 Å². The van der Waals surface area contributed by atoms with E-state index in [0.717, 1.165) is 10.5 Å². The lowest BCUT2D eigenvalue weighted by molar-refractivity contribution is 0.102. The zero-order valence-electron chi connectivity index (χ0n) is 15.9. The fraction of sp³-hybridized carbons (Fsp3) is 0. The summed E-state index contributed by atoms with van der Waals surface area (Å²) < 4.78 is 0. The number of nitrogens with one attached hydrogen (secondary N) is 1. The number of carbonyl (C=O) groups excluding carboxylic acids is 1. The van der Waals surface area contributed by atoms with Gasteiger partial charge < -0.3 is 5.32 Å². The van der Waals surface area contributed by atoms with E-state index in [0.29, 0.717) is 22.0 Å². The van der Waals surface area contributed by atoms with Crippen molar-refractivity contribution in [2.45, 2.75) is 9.92 Å². The molecule has 2 aromatic carbocycles. The van der Waals surface area contributed by atoms with Crippen molar-refractivity contribution in [2.24, 2.45) is 0 Å². The van der Waals surface area contributed by atoms with Crippen LogP contribution in [-0.2, 0) is 0 Å². The number of nitrogens with zero attached hydrogens (tertiary/aromatic N) is 2. The zero-order chi connectivity index (χ0) is 20.6. The van der Waals surface area contributed by atoms with Gasteiger partial charge in [-0.3, -0.25) is 4.79 Å². The highest BCUT2D eigenvalue weighted by atomic mass is 32.2. The summed E-state index contributed by atoms with van der Waals surface area (Å²) in [6, 6.07) is 26.4. The quantitative estimate of drug-likeness (QED) is 0.468. The van der Waals surface area contributed by atoms with Crippen molar-refractivity contribution >= 4 is 23.4 Å². The summed E-state index contributed by atoms with van der Waals surface area (Å²) >= 11 is 1.46. The maximum atomic E-state index is 12.9. The Morgan fingerprint density at radius 3 is 2.47 bits per heavy atom. The summed E-state index contributed by atoms with van der Waals surface area (Å²) in [5.41, 5.74) is 2.69. The molecule has 4 nitrogen and oxygen atoms in total. The van der Waals surface area contributed by atoms with E-state index < -0.39 is 0 Å². The van der Waals surface area contributed by atoms with E-state index in [4.69, 9.17) is 0 Å². The lowest BCUT2D eigenvalue weighted by Gasteiger charge is -2.09. The van der Waals surface area contributed by atoms with Crippen molar-refractivity contribution in [2.75, 3.05) is 5.32 Å². The van der Waals surface area contributed by atoms with Crippen LogP contribution >= 0.6 is 11.8 Å². The minimum absolute atomic E-state index is 0.212. The van der Waals surface area contributed by atoms with Crippen LogP contribution in [0.25, 0.3) is 0 Å². The van der Waals surface area contributed by atoms with Gasteiger partial charge in [0.25, 0.3) is 5.91 Å². The smallest absolute Gasteiger partial charge is 0.258 e. The minimum Gasteiger partial charge on any atom is -0.322 e. The number of hydrogen-bond donors (Lipinski definition) is 1. The molecule has 0 saturated carbocycles. The maximum absolute atomic E-state index is 12.9. The van der Waals surface area contributed by atoms with E-state index in [1.165, 1.54) is 11.8 Å². The van der Waals surface area contributed by atoms with Gasteiger partial charge in [-0.05, 0) is 60.5 Å². The van der Waals surface area contributed by atoms with Crippen molar-refractivity contribution in [1.82, 2.24) is 9.97 Å². The Morgan fingerprint density at radius 1 is 0.800 bits per heavy atom. The molecule has 0 bridgehead atoms. The molecule has 0 spiro atoms. The van der Waals surface area contributed by atoms with E-state index in [1.54, 1.807) is 24.5 Å². The molecule has 0 radical (unpaired) electrons. The largest absolute Gasteiger partial charge is 0.322 e. The van der Waals surface area contributed by atoms with E-state index in [1.807, 2.05) is 72.8 Å². The highest BCUT2D eigenvalue weighted by molar-refractivity contribution is 7.99. The summed E-state index contributed by atoms with van der Waals surface area (Å²) in [7, 11) is 0. The molecule has 0 aliphatic carbocycles. The molecular formula is C25H17N3OS. The first-order valence-electron chi connectivity index (χ1n) is 9.30. The van der Waals surface area contributed by atoms with Gasteiger partial charge in [-0.15, -0.1) is 0 Å². The number of anilines is 1. The summed E-state index contributed by atoms with van der Waals surface area (Å²) in [6.45, 7) is 0. The SMILES string of the molecule is O=C(Nc1cccc(C#Cc2ccccn2)c1)c1cccnc1Sc1ccccc1. The Labute approximate surface area is 179 Å². The van der Waals surface area contributed by atoms with E-state index in [2.05, 4.69) is 27.1 Å². The molecule has 4 rings (SSSR count). The third-order valence-electron chi connectivity index (χ3n) is 4.09. The maximum Gasteiger partial charge on any atom is 0.258 e. The average Bonchev–Trinajstić information content (AvgIpc) is 2.80. The molecule has 0 aliphatic heterocycles. The molecule has 2 heterocycles. The first-order chi connectivity index (χ1) is 14.8. The van der Waals surface area contributed by atoms with Gasteiger partial charge in [-0.25, -0.2) is 9.97 Å². The second kappa shape index (κ2) is 9.55. The monoisotopic (exact) mass is 407 g/mol. The zero-order valence-corrected chi connectivity index (χ0v) is 16.8. The summed E-state index contributed by atoms with van der Waals surface area (Å²) in [5, 5.41) is 3.61. The minimum atomic E-state index is -0.212. The van der Waals surface area contributed by atoms with Crippen molar-refractivity contribution in [3.63, 3.8) is 0 Å². The van der Waals surface area contributed by atoms with Crippen LogP contribution in [0.5, 0.6) is 0 Å². The Bertz CT molecular complexity index is 1220. The predicted octanol–water partition coefficient (Wildman–Crippen LogP) is 5.28. The predicted molar refractivity (Wildman–Crippen MR) is 119 cm³/mol. The normalized spacial score (nSPS) is 10.0. The average molecular weight is 407 g/mol. The Kier molecular flexibility index (Phi) is 6.19. The van der Waals surface area contributed by atoms with Crippen molar-refractivity contribution in [1.29, 1.82) is 0 Å². The topological polar surface area (TPSA) is 54.9 Å². The molecule has 0 saturated heterocycles. The second-order valence-electron chi connectivity index (χ2n) is 6.27. The number of aromatic nitrogens is 2.